The van der Waals surface area contributed by atoms with Gasteiger partial charge < -0.3 is 0 Å². The van der Waals surface area contributed by atoms with Crippen molar-refractivity contribution in [1.29, 1.82) is 0 Å². The van der Waals surface area contributed by atoms with Crippen LogP contribution in [0.5, 0.6) is 0 Å². The van der Waals surface area contributed by atoms with Gasteiger partial charge in [0, 0.05) is 21.5 Å². The first kappa shape index (κ1) is 14.9. The molecule has 2 aromatic rings. The molecule has 0 saturated carbocycles. The van der Waals surface area contributed by atoms with E-state index in [4.69, 9.17) is 34.8 Å². The van der Waals surface area contributed by atoms with Gasteiger partial charge in [-0.1, -0.05) is 53.9 Å². The summed E-state index contributed by atoms with van der Waals surface area (Å²) in [5, 5.41) is 1.68. The Morgan fingerprint density at radius 1 is 1.00 bits per heavy atom. The fourth-order valence-electron chi connectivity index (χ4n) is 2.99. The van der Waals surface area contributed by atoms with Crippen LogP contribution >= 0.6 is 34.8 Å². The first-order chi connectivity index (χ1) is 9.97. The van der Waals surface area contributed by atoms with Crippen LogP contribution in [0, 0.1) is 0 Å². The molecule has 0 radical (unpaired) electrons. The highest BCUT2D eigenvalue weighted by Crippen LogP contribution is 2.43. The molecule has 0 amide bonds. The van der Waals surface area contributed by atoms with Gasteiger partial charge in [-0.2, -0.15) is 0 Å². The molecule has 1 aliphatic carbocycles. The van der Waals surface area contributed by atoms with Crippen molar-refractivity contribution < 1.29 is 4.79 Å². The third-order valence-corrected chi connectivity index (χ3v) is 4.81. The molecular formula is C17H13Cl3O. The fourth-order valence-corrected chi connectivity index (χ4v) is 3.71. The Labute approximate surface area is 138 Å². The van der Waals surface area contributed by atoms with Gasteiger partial charge in [0.05, 0.1) is 5.02 Å². The van der Waals surface area contributed by atoms with E-state index in [9.17, 15) is 4.79 Å². The van der Waals surface area contributed by atoms with Gasteiger partial charge in [-0.25, -0.2) is 0 Å². The lowest BCUT2D eigenvalue weighted by Crippen LogP contribution is -2.23. The number of carbonyl (C=O) groups is 1. The van der Waals surface area contributed by atoms with Crippen molar-refractivity contribution in [2.24, 2.45) is 0 Å². The molecule has 0 unspecified atom stereocenters. The second-order valence-electron chi connectivity index (χ2n) is 5.46. The highest BCUT2D eigenvalue weighted by Gasteiger charge is 2.34. The second-order valence-corrected chi connectivity index (χ2v) is 6.74. The second kappa shape index (κ2) is 5.64. The number of hydrogen-bond donors (Lipinski definition) is 0. The van der Waals surface area contributed by atoms with Gasteiger partial charge in [-0.15, -0.1) is 0 Å². The summed E-state index contributed by atoms with van der Waals surface area (Å²) >= 11 is 18.2. The van der Waals surface area contributed by atoms with Gasteiger partial charge in [-0.3, -0.25) is 4.79 Å². The predicted octanol–water partition coefficient (Wildman–Crippen LogP) is 6.12. The Kier molecular flexibility index (Phi) is 4.00. The molecule has 0 heterocycles. The lowest BCUT2D eigenvalue weighted by molar-refractivity contribution is 0.0940. The summed E-state index contributed by atoms with van der Waals surface area (Å²) in [5.41, 5.74) is 2.54. The summed E-state index contributed by atoms with van der Waals surface area (Å²) in [7, 11) is 0. The van der Waals surface area contributed by atoms with Crippen molar-refractivity contribution in [3.05, 3.63) is 68.2 Å². The van der Waals surface area contributed by atoms with E-state index in [1.54, 1.807) is 6.07 Å². The van der Waals surface area contributed by atoms with Gasteiger partial charge in [0.1, 0.15) is 0 Å². The molecule has 1 nitrogen and oxygen atoms in total. The highest BCUT2D eigenvalue weighted by atomic mass is 35.5. The maximum absolute atomic E-state index is 12.8. The van der Waals surface area contributed by atoms with Crippen molar-refractivity contribution >= 4 is 40.6 Å². The van der Waals surface area contributed by atoms with Crippen molar-refractivity contribution in [3.63, 3.8) is 0 Å². The highest BCUT2D eigenvalue weighted by molar-refractivity contribution is 6.37. The Morgan fingerprint density at radius 2 is 1.67 bits per heavy atom. The maximum Gasteiger partial charge on any atom is 0.172 e. The van der Waals surface area contributed by atoms with E-state index >= 15 is 0 Å². The zero-order valence-corrected chi connectivity index (χ0v) is 13.6. The van der Waals surface area contributed by atoms with Crippen molar-refractivity contribution in [3.8, 4) is 0 Å². The SMILES string of the molecule is C[C@@H]1C[C@@H](c2ccc(Cl)cc2)C(=O)c2c(Cl)cc(Cl)cc21. The van der Waals surface area contributed by atoms with Crippen molar-refractivity contribution in [2.45, 2.75) is 25.2 Å². The minimum Gasteiger partial charge on any atom is -0.293 e. The van der Waals surface area contributed by atoms with Crippen LogP contribution in [0.2, 0.25) is 15.1 Å². The maximum atomic E-state index is 12.8. The average Bonchev–Trinajstić information content (AvgIpc) is 2.43. The fraction of sp³-hybridized carbons (Fsp3) is 0.235. The first-order valence-electron chi connectivity index (χ1n) is 6.76. The molecule has 3 rings (SSSR count). The number of carbonyl (C=O) groups excluding carboxylic acids is 1. The molecule has 2 aromatic carbocycles. The van der Waals surface area contributed by atoms with E-state index in [-0.39, 0.29) is 17.6 Å². The standard InChI is InChI=1S/C17H13Cl3O/c1-9-6-14(10-2-4-11(18)5-3-10)17(21)16-13(9)7-12(19)8-15(16)20/h2-5,7-9,14H,6H2,1H3/t9-,14+/m1/s1. The number of fused-ring (bicyclic) bond motifs is 1. The van der Waals surface area contributed by atoms with E-state index in [1.165, 1.54) is 0 Å². The Bertz CT molecular complexity index is 707. The van der Waals surface area contributed by atoms with Crippen LogP contribution in [-0.2, 0) is 0 Å². The molecule has 4 heteroatoms. The molecule has 2 atom stereocenters. The Morgan fingerprint density at radius 3 is 2.33 bits per heavy atom. The molecule has 21 heavy (non-hydrogen) atoms. The largest absolute Gasteiger partial charge is 0.293 e. The summed E-state index contributed by atoms with van der Waals surface area (Å²) in [5.74, 6) is 0.116. The number of Topliss-reactive ketones (excluding diaryl/α,β-unsaturated/α-hetero) is 1. The number of rotatable bonds is 1. The summed E-state index contributed by atoms with van der Waals surface area (Å²) in [4.78, 5) is 12.8. The van der Waals surface area contributed by atoms with Crippen LogP contribution in [-0.4, -0.2) is 5.78 Å². The third kappa shape index (κ3) is 2.70. The van der Waals surface area contributed by atoms with Gasteiger partial charge >= 0.3 is 0 Å². The lowest BCUT2D eigenvalue weighted by atomic mass is 9.74. The van der Waals surface area contributed by atoms with Crippen molar-refractivity contribution in [2.75, 3.05) is 0 Å². The van der Waals surface area contributed by atoms with E-state index in [0.717, 1.165) is 17.5 Å². The molecule has 0 N–H and O–H groups in total. The average molecular weight is 340 g/mol. The number of ketones is 1. The minimum absolute atomic E-state index is 0.0621. The Hall–Kier alpha value is -1.02. The van der Waals surface area contributed by atoms with E-state index in [0.29, 0.717) is 20.6 Å². The summed E-state index contributed by atoms with van der Waals surface area (Å²) < 4.78 is 0. The van der Waals surface area contributed by atoms with E-state index < -0.39 is 0 Å². The third-order valence-electron chi connectivity index (χ3n) is 4.04. The van der Waals surface area contributed by atoms with Crippen LogP contribution in [0.3, 0.4) is 0 Å². The van der Waals surface area contributed by atoms with E-state index in [1.807, 2.05) is 30.3 Å². The van der Waals surface area contributed by atoms with E-state index in [2.05, 4.69) is 6.92 Å². The first-order valence-corrected chi connectivity index (χ1v) is 7.89. The van der Waals surface area contributed by atoms with Crippen LogP contribution in [0.15, 0.2) is 36.4 Å². The number of hydrogen-bond acceptors (Lipinski definition) is 1. The van der Waals surface area contributed by atoms with Crippen molar-refractivity contribution in [1.82, 2.24) is 0 Å². The molecule has 108 valence electrons. The van der Waals surface area contributed by atoms with Crippen LogP contribution in [0.4, 0.5) is 0 Å². The monoisotopic (exact) mass is 338 g/mol. The number of benzene rings is 2. The topological polar surface area (TPSA) is 17.1 Å². The van der Waals surface area contributed by atoms with Crippen LogP contribution in [0.1, 0.15) is 46.7 Å². The molecule has 0 saturated heterocycles. The smallest absolute Gasteiger partial charge is 0.172 e. The van der Waals surface area contributed by atoms with Gasteiger partial charge in [0.2, 0.25) is 0 Å². The summed E-state index contributed by atoms with van der Waals surface area (Å²) in [6, 6.07) is 10.9. The quantitative estimate of drug-likeness (QED) is 0.611. The molecular weight excluding hydrogens is 327 g/mol. The minimum atomic E-state index is -0.177. The van der Waals surface area contributed by atoms with Gasteiger partial charge in [0.15, 0.2) is 5.78 Å². The predicted molar refractivity (Wildman–Crippen MR) is 88.0 cm³/mol. The van der Waals surface area contributed by atoms with Gasteiger partial charge in [0.25, 0.3) is 0 Å². The molecule has 0 bridgehead atoms. The Balaban J connectivity index is 2.08. The normalized spacial score (nSPS) is 21.2. The summed E-state index contributed by atoms with van der Waals surface area (Å²) in [6.45, 7) is 2.10. The van der Waals surface area contributed by atoms with Crippen LogP contribution < -0.4 is 0 Å². The molecule has 1 aliphatic rings. The summed E-state index contributed by atoms with van der Waals surface area (Å²) in [6.07, 6.45) is 0.754. The number of halogens is 3. The lowest BCUT2D eigenvalue weighted by Gasteiger charge is -2.29. The zero-order valence-electron chi connectivity index (χ0n) is 11.4. The zero-order chi connectivity index (χ0) is 15.1. The molecule has 0 fully saturated rings. The molecule has 0 aromatic heterocycles. The molecule has 0 spiro atoms. The van der Waals surface area contributed by atoms with Crippen LogP contribution in [0.25, 0.3) is 0 Å². The molecule has 0 aliphatic heterocycles. The van der Waals surface area contributed by atoms with Gasteiger partial charge in [-0.05, 0) is 47.7 Å².